The van der Waals surface area contributed by atoms with Gasteiger partial charge in [0.1, 0.15) is 6.04 Å². The lowest BCUT2D eigenvalue weighted by molar-refractivity contribution is -0.139. The van der Waals surface area contributed by atoms with Gasteiger partial charge in [-0.25, -0.2) is 9.97 Å². The third kappa shape index (κ3) is 4.98. The van der Waals surface area contributed by atoms with Crippen LogP contribution in [0.2, 0.25) is 0 Å². The molecule has 0 spiro atoms. The Labute approximate surface area is 146 Å². The van der Waals surface area contributed by atoms with Crippen LogP contribution in [-0.2, 0) is 22.5 Å². The molecule has 2 heterocycles. The summed E-state index contributed by atoms with van der Waals surface area (Å²) >= 11 is 0. The number of hydrogen-bond acceptors (Lipinski definition) is 6. The second kappa shape index (κ2) is 8.55. The smallest absolute Gasteiger partial charge is 0.321 e. The van der Waals surface area contributed by atoms with E-state index in [4.69, 9.17) is 4.74 Å². The van der Waals surface area contributed by atoms with E-state index in [9.17, 15) is 9.90 Å². The molecule has 2 N–H and O–H groups in total. The Balaban J connectivity index is 1.56. The van der Waals surface area contributed by atoms with Crippen molar-refractivity contribution in [1.29, 1.82) is 0 Å². The van der Waals surface area contributed by atoms with Crippen molar-refractivity contribution in [2.75, 3.05) is 31.2 Å². The van der Waals surface area contributed by atoms with E-state index in [0.717, 1.165) is 24.2 Å². The topological polar surface area (TPSA) is 87.6 Å². The standard InChI is InChI=1S/C18H22N4O3/c23-17(24)16(10-14-4-2-1-3-5-14)19-11-15-12-20-18(21-13-15)22-6-8-25-9-7-22/h1-5,12-13,16,19H,6-11H2,(H,23,24)/t16-/m0/s1. The van der Waals surface area contributed by atoms with E-state index in [1.165, 1.54) is 0 Å². The maximum absolute atomic E-state index is 11.5. The average Bonchev–Trinajstić information content (AvgIpc) is 2.67. The predicted octanol–water partition coefficient (Wildman–Crippen LogP) is 1.10. The van der Waals surface area contributed by atoms with Crippen LogP contribution in [0.3, 0.4) is 0 Å². The van der Waals surface area contributed by atoms with E-state index < -0.39 is 12.0 Å². The summed E-state index contributed by atoms with van der Waals surface area (Å²) in [6.07, 6.45) is 3.92. The molecule has 1 aliphatic rings. The Kier molecular flexibility index (Phi) is 5.92. The third-order valence-corrected chi connectivity index (χ3v) is 4.12. The van der Waals surface area contributed by atoms with E-state index in [0.29, 0.717) is 32.1 Å². The number of anilines is 1. The zero-order valence-corrected chi connectivity index (χ0v) is 14.0. The van der Waals surface area contributed by atoms with Gasteiger partial charge in [-0.15, -0.1) is 0 Å². The molecule has 3 rings (SSSR count). The number of carboxylic acids is 1. The van der Waals surface area contributed by atoms with E-state index in [1.807, 2.05) is 30.3 Å². The fourth-order valence-corrected chi connectivity index (χ4v) is 2.70. The van der Waals surface area contributed by atoms with Crippen molar-refractivity contribution in [3.63, 3.8) is 0 Å². The normalized spacial score (nSPS) is 15.8. The molecule has 0 bridgehead atoms. The van der Waals surface area contributed by atoms with E-state index in [2.05, 4.69) is 20.2 Å². The number of rotatable bonds is 7. The number of nitrogens with one attached hydrogen (secondary N) is 1. The zero-order chi connectivity index (χ0) is 17.5. The van der Waals surface area contributed by atoms with Crippen LogP contribution in [0, 0.1) is 0 Å². The lowest BCUT2D eigenvalue weighted by Gasteiger charge is -2.26. The highest BCUT2D eigenvalue weighted by molar-refractivity contribution is 5.73. The van der Waals surface area contributed by atoms with E-state index >= 15 is 0 Å². The Hall–Kier alpha value is -2.51. The Bertz CT molecular complexity index is 672. The second-order valence-corrected chi connectivity index (χ2v) is 5.95. The van der Waals surface area contributed by atoms with Gasteiger partial charge in [-0.05, 0) is 12.0 Å². The minimum absolute atomic E-state index is 0.410. The molecule has 0 aliphatic carbocycles. The quantitative estimate of drug-likeness (QED) is 0.779. The molecule has 1 aliphatic heterocycles. The summed E-state index contributed by atoms with van der Waals surface area (Å²) in [7, 11) is 0. The molecule has 1 fully saturated rings. The maximum Gasteiger partial charge on any atom is 0.321 e. The summed E-state index contributed by atoms with van der Waals surface area (Å²) in [4.78, 5) is 22.3. The van der Waals surface area contributed by atoms with E-state index in [-0.39, 0.29) is 0 Å². The van der Waals surface area contributed by atoms with Gasteiger partial charge in [0, 0.05) is 37.6 Å². The van der Waals surface area contributed by atoms with Crippen molar-refractivity contribution >= 4 is 11.9 Å². The van der Waals surface area contributed by atoms with Crippen molar-refractivity contribution < 1.29 is 14.6 Å². The lowest BCUT2D eigenvalue weighted by Crippen LogP contribution is -2.38. The van der Waals surface area contributed by atoms with Gasteiger partial charge in [0.25, 0.3) is 0 Å². The molecule has 0 saturated carbocycles. The van der Waals surface area contributed by atoms with Gasteiger partial charge < -0.3 is 14.7 Å². The SMILES string of the molecule is O=C(O)[C@H](Cc1ccccc1)NCc1cnc(N2CCOCC2)nc1. The van der Waals surface area contributed by atoms with Crippen LogP contribution in [0.1, 0.15) is 11.1 Å². The number of ether oxygens (including phenoxy) is 1. The molecular weight excluding hydrogens is 320 g/mol. The first kappa shape index (κ1) is 17.3. The van der Waals surface area contributed by atoms with Gasteiger partial charge in [0.15, 0.2) is 0 Å². The maximum atomic E-state index is 11.5. The largest absolute Gasteiger partial charge is 0.480 e. The van der Waals surface area contributed by atoms with Gasteiger partial charge in [0.05, 0.1) is 13.2 Å². The summed E-state index contributed by atoms with van der Waals surface area (Å²) < 4.78 is 5.32. The van der Waals surface area contributed by atoms with Gasteiger partial charge >= 0.3 is 5.97 Å². The van der Waals surface area contributed by atoms with Crippen LogP contribution in [0.25, 0.3) is 0 Å². The molecule has 132 valence electrons. The zero-order valence-electron chi connectivity index (χ0n) is 14.0. The number of carbonyl (C=O) groups is 1. The molecule has 1 atom stereocenters. The van der Waals surface area contributed by atoms with Crippen molar-refractivity contribution in [3.05, 3.63) is 53.9 Å². The third-order valence-electron chi connectivity index (χ3n) is 4.12. The molecule has 25 heavy (non-hydrogen) atoms. The Morgan fingerprint density at radius 1 is 1.16 bits per heavy atom. The molecule has 1 aromatic carbocycles. The molecule has 1 saturated heterocycles. The fourth-order valence-electron chi connectivity index (χ4n) is 2.70. The van der Waals surface area contributed by atoms with Gasteiger partial charge in [-0.3, -0.25) is 10.1 Å². The van der Waals surface area contributed by atoms with Crippen LogP contribution in [0.4, 0.5) is 5.95 Å². The van der Waals surface area contributed by atoms with Crippen molar-refractivity contribution in [2.45, 2.75) is 19.0 Å². The second-order valence-electron chi connectivity index (χ2n) is 5.95. The number of benzene rings is 1. The predicted molar refractivity (Wildman–Crippen MR) is 93.5 cm³/mol. The van der Waals surface area contributed by atoms with Crippen molar-refractivity contribution in [2.24, 2.45) is 0 Å². The van der Waals surface area contributed by atoms with Crippen LogP contribution >= 0.6 is 0 Å². The summed E-state index contributed by atoms with van der Waals surface area (Å²) in [6.45, 7) is 3.36. The molecule has 7 nitrogen and oxygen atoms in total. The first-order valence-corrected chi connectivity index (χ1v) is 8.36. The van der Waals surface area contributed by atoms with Gasteiger partial charge in [0.2, 0.25) is 5.95 Å². The number of hydrogen-bond donors (Lipinski definition) is 2. The summed E-state index contributed by atoms with van der Waals surface area (Å²) in [5.74, 6) is -0.180. The highest BCUT2D eigenvalue weighted by atomic mass is 16.5. The molecule has 1 aromatic heterocycles. The number of aromatic nitrogens is 2. The summed E-state index contributed by atoms with van der Waals surface area (Å²) in [5, 5.41) is 12.5. The van der Waals surface area contributed by atoms with Crippen LogP contribution in [0.5, 0.6) is 0 Å². The average molecular weight is 342 g/mol. The van der Waals surface area contributed by atoms with E-state index in [1.54, 1.807) is 12.4 Å². The molecule has 0 amide bonds. The van der Waals surface area contributed by atoms with Crippen molar-refractivity contribution in [3.8, 4) is 0 Å². The van der Waals surface area contributed by atoms with Crippen LogP contribution in [0.15, 0.2) is 42.7 Å². The molecule has 0 radical (unpaired) electrons. The molecular formula is C18H22N4O3. The first-order valence-electron chi connectivity index (χ1n) is 8.36. The molecule has 7 heteroatoms. The Morgan fingerprint density at radius 2 is 1.84 bits per heavy atom. The number of nitrogens with zero attached hydrogens (tertiary/aromatic N) is 3. The highest BCUT2D eigenvalue weighted by Gasteiger charge is 2.18. The van der Waals surface area contributed by atoms with Crippen molar-refractivity contribution in [1.82, 2.24) is 15.3 Å². The van der Waals surface area contributed by atoms with Gasteiger partial charge in [-0.1, -0.05) is 30.3 Å². The number of carboxylic acid groups (broad SMARTS) is 1. The minimum Gasteiger partial charge on any atom is -0.480 e. The number of aliphatic carboxylic acids is 1. The highest BCUT2D eigenvalue weighted by Crippen LogP contribution is 2.10. The summed E-state index contributed by atoms with van der Waals surface area (Å²) in [6, 6.07) is 8.94. The fraction of sp³-hybridized carbons (Fsp3) is 0.389. The first-order chi connectivity index (χ1) is 12.2. The molecule has 0 unspecified atom stereocenters. The monoisotopic (exact) mass is 342 g/mol. The van der Waals surface area contributed by atoms with Gasteiger partial charge in [-0.2, -0.15) is 0 Å². The Morgan fingerprint density at radius 3 is 2.48 bits per heavy atom. The lowest BCUT2D eigenvalue weighted by atomic mass is 10.1. The summed E-state index contributed by atoms with van der Waals surface area (Å²) in [5.41, 5.74) is 1.85. The number of morpholine rings is 1. The van der Waals surface area contributed by atoms with Crippen LogP contribution < -0.4 is 10.2 Å². The van der Waals surface area contributed by atoms with Crippen LogP contribution in [-0.4, -0.2) is 53.4 Å². The minimum atomic E-state index is -0.866. The molecule has 2 aromatic rings.